The molecule has 0 radical (unpaired) electrons. The van der Waals surface area contributed by atoms with Gasteiger partial charge in [0.1, 0.15) is 11.5 Å². The number of hydrogen-bond donors (Lipinski definition) is 1. The van der Waals surface area contributed by atoms with Crippen molar-refractivity contribution in [2.45, 2.75) is 31.6 Å². The van der Waals surface area contributed by atoms with Gasteiger partial charge in [0.05, 0.1) is 17.2 Å². The molecule has 24 heavy (non-hydrogen) atoms. The largest absolute Gasteiger partial charge is 0.505 e. The van der Waals surface area contributed by atoms with Crippen molar-refractivity contribution in [3.63, 3.8) is 0 Å². The minimum atomic E-state index is -0.215. The molecule has 2 aromatic carbocycles. The molecule has 3 nitrogen and oxygen atoms in total. The van der Waals surface area contributed by atoms with Crippen LogP contribution in [0.2, 0.25) is 5.02 Å². The van der Waals surface area contributed by atoms with E-state index in [4.69, 9.17) is 16.3 Å². The minimum Gasteiger partial charge on any atom is -0.505 e. The van der Waals surface area contributed by atoms with E-state index in [2.05, 4.69) is 24.3 Å². The third kappa shape index (κ3) is 3.57. The van der Waals surface area contributed by atoms with Crippen LogP contribution in [-0.4, -0.2) is 18.0 Å². The molecule has 2 unspecified atom stereocenters. The van der Waals surface area contributed by atoms with Crippen molar-refractivity contribution in [3.05, 3.63) is 58.6 Å². The lowest BCUT2D eigenvalue weighted by atomic mass is 9.76. The van der Waals surface area contributed by atoms with Gasteiger partial charge in [0.25, 0.3) is 0 Å². The summed E-state index contributed by atoms with van der Waals surface area (Å²) in [4.78, 5) is 11.2. The Morgan fingerprint density at radius 2 is 1.88 bits per heavy atom. The average molecular weight is 345 g/mol. The normalized spacial score (nSPS) is 20.5. The van der Waals surface area contributed by atoms with Crippen LogP contribution >= 0.6 is 11.6 Å². The van der Waals surface area contributed by atoms with Crippen LogP contribution in [0.1, 0.15) is 47.5 Å². The van der Waals surface area contributed by atoms with Gasteiger partial charge in [0.2, 0.25) is 0 Å². The first-order valence-corrected chi connectivity index (χ1v) is 8.73. The molecule has 1 fully saturated rings. The number of carbonyl (C=O) groups is 1. The van der Waals surface area contributed by atoms with Gasteiger partial charge in [-0.1, -0.05) is 54.8 Å². The number of halogens is 1. The second-order valence-electron chi connectivity index (χ2n) is 6.30. The molecular weight excluding hydrogens is 324 g/mol. The monoisotopic (exact) mass is 344 g/mol. The van der Waals surface area contributed by atoms with E-state index in [0.717, 1.165) is 12.8 Å². The first kappa shape index (κ1) is 16.8. The van der Waals surface area contributed by atoms with Gasteiger partial charge in [-0.2, -0.15) is 0 Å². The zero-order chi connectivity index (χ0) is 16.9. The number of aromatic hydroxyl groups is 1. The summed E-state index contributed by atoms with van der Waals surface area (Å²) >= 11 is 5.85. The predicted octanol–water partition coefficient (Wildman–Crippen LogP) is 5.21. The first-order valence-electron chi connectivity index (χ1n) is 8.35. The molecule has 2 atom stereocenters. The van der Waals surface area contributed by atoms with Crippen molar-refractivity contribution in [3.8, 4) is 11.5 Å². The molecule has 0 amide bonds. The topological polar surface area (TPSA) is 46.5 Å². The Balaban J connectivity index is 1.75. The molecule has 0 saturated heterocycles. The molecule has 2 aromatic rings. The molecule has 1 aliphatic carbocycles. The van der Waals surface area contributed by atoms with Gasteiger partial charge in [0, 0.05) is 0 Å². The van der Waals surface area contributed by atoms with Crippen LogP contribution in [0.15, 0.2) is 42.5 Å². The maximum absolute atomic E-state index is 11.2. The van der Waals surface area contributed by atoms with E-state index in [1.54, 1.807) is 12.1 Å². The molecule has 0 heterocycles. The van der Waals surface area contributed by atoms with Crippen LogP contribution in [0, 0.1) is 5.92 Å². The lowest BCUT2D eigenvalue weighted by Crippen LogP contribution is -2.24. The third-order valence-electron chi connectivity index (χ3n) is 4.84. The smallest absolute Gasteiger partial charge is 0.157 e. The van der Waals surface area contributed by atoms with E-state index in [1.165, 1.54) is 18.4 Å². The zero-order valence-electron chi connectivity index (χ0n) is 13.5. The van der Waals surface area contributed by atoms with Crippen LogP contribution in [0.3, 0.4) is 0 Å². The van der Waals surface area contributed by atoms with Crippen molar-refractivity contribution < 1.29 is 14.6 Å². The van der Waals surface area contributed by atoms with Crippen LogP contribution in [0.5, 0.6) is 11.5 Å². The number of rotatable bonds is 5. The Hall–Kier alpha value is -2.00. The summed E-state index contributed by atoms with van der Waals surface area (Å²) in [5, 5.41) is 10.1. The van der Waals surface area contributed by atoms with E-state index >= 15 is 0 Å². The predicted molar refractivity (Wildman–Crippen MR) is 95.1 cm³/mol. The van der Waals surface area contributed by atoms with Gasteiger partial charge < -0.3 is 9.84 Å². The Kier molecular flexibility index (Phi) is 5.41. The molecule has 0 bridgehead atoms. The molecular formula is C20H21ClO3. The SMILES string of the molecule is O=Cc1c(OCC2CCCCC2c2ccccc2)ccc(Cl)c1O. The van der Waals surface area contributed by atoms with Gasteiger partial charge in [-0.3, -0.25) is 4.79 Å². The highest BCUT2D eigenvalue weighted by molar-refractivity contribution is 6.32. The number of hydrogen-bond acceptors (Lipinski definition) is 3. The van der Waals surface area contributed by atoms with Gasteiger partial charge in [0.15, 0.2) is 6.29 Å². The second-order valence-corrected chi connectivity index (χ2v) is 6.71. The lowest BCUT2D eigenvalue weighted by Gasteiger charge is -2.32. The molecule has 126 valence electrons. The van der Waals surface area contributed by atoms with Gasteiger partial charge >= 0.3 is 0 Å². The Morgan fingerprint density at radius 3 is 2.62 bits per heavy atom. The fourth-order valence-electron chi connectivity index (χ4n) is 3.55. The van der Waals surface area contributed by atoms with Crippen molar-refractivity contribution in [1.82, 2.24) is 0 Å². The summed E-state index contributed by atoms with van der Waals surface area (Å²) in [6, 6.07) is 13.7. The zero-order valence-corrected chi connectivity index (χ0v) is 14.2. The average Bonchev–Trinajstić information content (AvgIpc) is 2.63. The molecule has 0 spiro atoms. The second kappa shape index (κ2) is 7.71. The van der Waals surface area contributed by atoms with E-state index < -0.39 is 0 Å². The minimum absolute atomic E-state index is 0.120. The number of phenols is 1. The summed E-state index contributed by atoms with van der Waals surface area (Å²) in [5.41, 5.74) is 1.47. The van der Waals surface area contributed by atoms with Crippen LogP contribution in [0.25, 0.3) is 0 Å². The molecule has 3 rings (SSSR count). The molecule has 1 saturated carbocycles. The van der Waals surface area contributed by atoms with Gasteiger partial charge in [-0.15, -0.1) is 0 Å². The van der Waals surface area contributed by atoms with Crippen molar-refractivity contribution in [2.24, 2.45) is 5.92 Å². The maximum Gasteiger partial charge on any atom is 0.157 e. The van der Waals surface area contributed by atoms with E-state index in [0.29, 0.717) is 30.5 Å². The molecule has 1 aliphatic rings. The summed E-state index contributed by atoms with van der Waals surface area (Å²) in [7, 11) is 0. The maximum atomic E-state index is 11.2. The van der Waals surface area contributed by atoms with Crippen molar-refractivity contribution in [1.29, 1.82) is 0 Å². The summed E-state index contributed by atoms with van der Waals surface area (Å²) in [6.45, 7) is 0.529. The van der Waals surface area contributed by atoms with Crippen molar-refractivity contribution >= 4 is 17.9 Å². The molecule has 4 heteroatoms. The highest BCUT2D eigenvalue weighted by atomic mass is 35.5. The quantitative estimate of drug-likeness (QED) is 0.757. The number of aldehydes is 1. The number of benzene rings is 2. The highest BCUT2D eigenvalue weighted by Crippen LogP contribution is 2.39. The summed E-state index contributed by atoms with van der Waals surface area (Å²) in [5.74, 6) is 1.05. The standard InChI is InChI=1S/C20H21ClO3/c21-18-10-11-19(17(12-22)20(18)23)24-13-15-8-4-5-9-16(15)14-6-2-1-3-7-14/h1-3,6-7,10-12,15-16,23H,4-5,8-9,13H2. The molecule has 1 N–H and O–H groups in total. The summed E-state index contributed by atoms with van der Waals surface area (Å²) < 4.78 is 5.91. The number of carbonyl (C=O) groups excluding carboxylic acids is 1. The van der Waals surface area contributed by atoms with Gasteiger partial charge in [-0.05, 0) is 42.4 Å². The Labute approximate surface area is 147 Å². The molecule has 0 aromatic heterocycles. The first-order chi connectivity index (χ1) is 11.7. The highest BCUT2D eigenvalue weighted by Gasteiger charge is 2.27. The fraction of sp³-hybridized carbons (Fsp3) is 0.350. The Bertz CT molecular complexity index is 700. The lowest BCUT2D eigenvalue weighted by molar-refractivity contribution is 0.111. The van der Waals surface area contributed by atoms with Crippen LogP contribution in [0.4, 0.5) is 0 Å². The van der Waals surface area contributed by atoms with Crippen LogP contribution < -0.4 is 4.74 Å². The molecule has 0 aliphatic heterocycles. The van der Waals surface area contributed by atoms with E-state index in [9.17, 15) is 9.90 Å². The van der Waals surface area contributed by atoms with Crippen LogP contribution in [-0.2, 0) is 0 Å². The fourth-order valence-corrected chi connectivity index (χ4v) is 3.71. The number of ether oxygens (including phenoxy) is 1. The van der Waals surface area contributed by atoms with Gasteiger partial charge in [-0.25, -0.2) is 0 Å². The van der Waals surface area contributed by atoms with E-state index in [1.807, 2.05) is 6.07 Å². The number of phenolic OH excluding ortho intramolecular Hbond substituents is 1. The third-order valence-corrected chi connectivity index (χ3v) is 5.14. The summed E-state index contributed by atoms with van der Waals surface area (Å²) in [6.07, 6.45) is 5.28. The van der Waals surface area contributed by atoms with E-state index in [-0.39, 0.29) is 16.3 Å². The Morgan fingerprint density at radius 1 is 1.12 bits per heavy atom. The van der Waals surface area contributed by atoms with Crippen molar-refractivity contribution in [2.75, 3.05) is 6.61 Å².